The molecule has 80 heavy (non-hydrogen) atoms. The van der Waals surface area contributed by atoms with Gasteiger partial charge in [-0.05, 0) is 117 Å². The lowest BCUT2D eigenvalue weighted by molar-refractivity contribution is -0.139. The number of nitrogens with one attached hydrogen (secondary N) is 5. The van der Waals surface area contributed by atoms with Gasteiger partial charge in [0.05, 0.1) is 12.6 Å². The molecule has 456 valence electrons. The number of phosphoric ester groups is 1. The smallest absolute Gasteiger partial charge is 0.471 e. The minimum Gasteiger partial charge on any atom is -0.481 e. The minimum atomic E-state index is -3.97. The van der Waals surface area contributed by atoms with E-state index in [1.807, 2.05) is 0 Å². The number of carboxylic acid groups (broad SMARTS) is 2. The van der Waals surface area contributed by atoms with Crippen LogP contribution in [0.5, 0.6) is 0 Å². The van der Waals surface area contributed by atoms with Crippen LogP contribution in [0, 0.1) is 52.3 Å². The van der Waals surface area contributed by atoms with E-state index in [2.05, 4.69) is 71.8 Å². The van der Waals surface area contributed by atoms with Crippen LogP contribution in [0.4, 0.5) is 4.79 Å². The van der Waals surface area contributed by atoms with Gasteiger partial charge in [0.2, 0.25) is 23.6 Å². The minimum absolute atomic E-state index is 0.0187. The molecule has 0 saturated heterocycles. The first-order chi connectivity index (χ1) is 38.0. The molecule has 0 aromatic rings. The molecule has 0 aromatic heterocycles. The monoisotopic (exact) mass is 1190 g/mol. The number of carbonyl (C=O) groups excluding carboxylic acids is 6. The summed E-state index contributed by atoms with van der Waals surface area (Å²) >= 11 is 0. The van der Waals surface area contributed by atoms with E-state index in [1.165, 1.54) is 72.1 Å². The van der Waals surface area contributed by atoms with Crippen LogP contribution < -0.4 is 26.6 Å². The Balaban J connectivity index is 1.11. The third-order valence-electron chi connectivity index (χ3n) is 17.6. The summed E-state index contributed by atoms with van der Waals surface area (Å²) in [7, 11) is -0.0110. The van der Waals surface area contributed by atoms with Gasteiger partial charge in [-0.2, -0.15) is 0 Å². The van der Waals surface area contributed by atoms with Gasteiger partial charge in [-0.3, -0.25) is 42.6 Å². The molecule has 5 amide bonds. The number of unbranched alkanes of at least 4 members (excludes halogenated alkanes) is 3. The summed E-state index contributed by atoms with van der Waals surface area (Å²) in [5.74, 6) is -0.383. The molecule has 0 radical (unpaired) electrons. The fourth-order valence-corrected chi connectivity index (χ4v) is 15.6. The number of hydrogen-bond acceptors (Lipinski definition) is 14. The largest absolute Gasteiger partial charge is 0.481 e. The number of ether oxygens (including phenoxy) is 1. The number of Topliss-reactive ketones (excluding diaryl/α,β-unsaturated/α-hetero) is 1. The van der Waals surface area contributed by atoms with Gasteiger partial charge in [0.25, 0.3) is 0 Å². The summed E-state index contributed by atoms with van der Waals surface area (Å²) in [5.41, 5.74) is 1.97. The average Bonchev–Trinajstić information content (AvgIpc) is 3.82. The van der Waals surface area contributed by atoms with Crippen molar-refractivity contribution in [3.8, 4) is 0 Å². The highest BCUT2D eigenvalue weighted by molar-refractivity contribution is 8.76. The molecule has 4 aliphatic carbocycles. The van der Waals surface area contributed by atoms with E-state index >= 15 is 0 Å². The van der Waals surface area contributed by atoms with Crippen LogP contribution in [0.2, 0.25) is 0 Å². The molecule has 8 N–H and O–H groups in total. The maximum absolute atomic E-state index is 13.5. The molecule has 0 aliphatic heterocycles. The third-order valence-corrected chi connectivity index (χ3v) is 21.0. The first-order valence-corrected chi connectivity index (χ1v) is 33.4. The van der Waals surface area contributed by atoms with E-state index in [1.54, 1.807) is 0 Å². The van der Waals surface area contributed by atoms with Crippen LogP contribution in [-0.4, -0.2) is 126 Å². The predicted octanol–water partition coefficient (Wildman–Crippen LogP) is 9.14. The lowest BCUT2D eigenvalue weighted by Crippen LogP contribution is -2.51. The summed E-state index contributed by atoms with van der Waals surface area (Å²) in [6.45, 7) is 12.9. The van der Waals surface area contributed by atoms with E-state index in [0.29, 0.717) is 41.7 Å². The van der Waals surface area contributed by atoms with Crippen molar-refractivity contribution in [2.45, 2.75) is 194 Å². The van der Waals surface area contributed by atoms with Crippen molar-refractivity contribution in [1.82, 2.24) is 26.6 Å². The highest BCUT2D eigenvalue weighted by Gasteiger charge is 2.59. The van der Waals surface area contributed by atoms with Crippen LogP contribution in [0.3, 0.4) is 0 Å². The molecule has 4 aliphatic rings. The number of amides is 5. The number of hydrogen-bond donors (Lipinski definition) is 8. The molecule has 4 unspecified atom stereocenters. The number of ketones is 1. The van der Waals surface area contributed by atoms with Gasteiger partial charge < -0.3 is 46.4 Å². The molecule has 4 rings (SSSR count). The molecule has 11 atom stereocenters. The number of phosphoric acid groups is 1. The van der Waals surface area contributed by atoms with Gasteiger partial charge in [0, 0.05) is 95.7 Å². The number of carbonyl (C=O) groups is 8. The lowest BCUT2D eigenvalue weighted by Gasteiger charge is -2.58. The maximum Gasteiger partial charge on any atom is 0.471 e. The van der Waals surface area contributed by atoms with Gasteiger partial charge in [-0.1, -0.05) is 100.0 Å². The van der Waals surface area contributed by atoms with Gasteiger partial charge in [-0.15, -0.1) is 0 Å². The number of alkyl carbamates (subject to hydrolysis) is 1. The summed E-state index contributed by atoms with van der Waals surface area (Å²) in [4.78, 5) is 110. The van der Waals surface area contributed by atoms with Crippen molar-refractivity contribution in [3.05, 3.63) is 11.6 Å². The molecule has 0 spiro atoms. The maximum atomic E-state index is 13.5. The van der Waals surface area contributed by atoms with Crippen molar-refractivity contribution < 1.29 is 71.8 Å². The molecule has 0 bridgehead atoms. The number of rotatable bonds is 39. The van der Waals surface area contributed by atoms with Crippen molar-refractivity contribution in [2.24, 2.45) is 52.3 Å². The third kappa shape index (κ3) is 23.2. The van der Waals surface area contributed by atoms with Crippen LogP contribution in [0.15, 0.2) is 11.6 Å². The normalized spacial score (nSPS) is 25.0. The standard InChI is InChI=1S/C57H96N5O15PS2/c1-38(2)12-11-13-39(3)44-17-18-45-43-16-15-41-37-42(22-27-56(41,4)46(43)23-28-57(44,45)5)77-55(72)61-31-24-49(64)59-30-25-51(66)62-47(19-21-53(69)70)48(63)36-40(14-20-52(67)68)54(71)60-32-35-80-79-34-26-50(65)58-29-9-7-8-10-33-76-78(73,74)75-6/h15,38-40,42-47H,7-14,16-37H2,1-6H3,(H,58,65)(H,59,64)(H,60,71)(H,61,72)(H,62,66)(H,67,68)(H,69,70)(H,73,74)/t39-,40-,42+,43+,44?,45+,46+,47+,56?,57?/m1/s1. The van der Waals surface area contributed by atoms with Crippen LogP contribution >= 0.6 is 29.4 Å². The molecule has 23 heteroatoms. The highest BCUT2D eigenvalue weighted by atomic mass is 33.1. The zero-order valence-corrected chi connectivity index (χ0v) is 51.0. The van der Waals surface area contributed by atoms with Gasteiger partial charge in [0.15, 0.2) is 5.78 Å². The summed E-state index contributed by atoms with van der Waals surface area (Å²) in [6.07, 6.45) is 15.6. The molecule has 20 nitrogen and oxygen atoms in total. The second-order valence-corrected chi connectivity index (χ2v) is 27.9. The Hall–Kier alpha value is -3.69. The Labute approximate surface area is 482 Å². The van der Waals surface area contributed by atoms with E-state index in [9.17, 15) is 58.0 Å². The number of aliphatic carboxylic acids is 2. The van der Waals surface area contributed by atoms with Crippen LogP contribution in [0.25, 0.3) is 0 Å². The lowest BCUT2D eigenvalue weighted by atomic mass is 9.47. The zero-order chi connectivity index (χ0) is 58.9. The second-order valence-electron chi connectivity index (χ2n) is 23.6. The quantitative estimate of drug-likeness (QED) is 0.0123. The summed E-state index contributed by atoms with van der Waals surface area (Å²) in [5, 5.41) is 32.1. The zero-order valence-electron chi connectivity index (χ0n) is 48.5. The predicted molar refractivity (Wildman–Crippen MR) is 309 cm³/mol. The molecular weight excluding hydrogens is 1090 g/mol. The topological polar surface area (TPSA) is 302 Å². The second kappa shape index (κ2) is 34.8. The van der Waals surface area contributed by atoms with E-state index < -0.39 is 80.6 Å². The molecule has 0 heterocycles. The van der Waals surface area contributed by atoms with E-state index in [-0.39, 0.29) is 75.8 Å². The Bertz CT molecular complexity index is 2140. The average molecular weight is 1190 g/mol. The number of carboxylic acids is 2. The van der Waals surface area contributed by atoms with Crippen LogP contribution in [-0.2, 0) is 51.9 Å². The Morgan fingerprint density at radius 1 is 0.713 bits per heavy atom. The molecule has 3 saturated carbocycles. The van der Waals surface area contributed by atoms with Crippen molar-refractivity contribution >= 4 is 76.9 Å². The number of fused-ring (bicyclic) bond motifs is 5. The fraction of sp³-hybridized carbons (Fsp3) is 0.825. The van der Waals surface area contributed by atoms with Crippen molar-refractivity contribution in [3.63, 3.8) is 0 Å². The first kappa shape index (κ1) is 68.8. The number of allylic oxidation sites excluding steroid dienone is 1. The molecule has 3 fully saturated rings. The Kier molecular flexibility index (Phi) is 29.9. The highest BCUT2D eigenvalue weighted by Crippen LogP contribution is 2.67. The first-order valence-electron chi connectivity index (χ1n) is 29.5. The molecule has 0 aromatic carbocycles. The summed E-state index contributed by atoms with van der Waals surface area (Å²) < 4.78 is 26.3. The summed E-state index contributed by atoms with van der Waals surface area (Å²) in [6, 6.07) is -1.28. The Morgan fingerprint density at radius 3 is 2.11 bits per heavy atom. The fourth-order valence-electron chi connectivity index (χ4n) is 13.2. The van der Waals surface area contributed by atoms with E-state index in [4.69, 9.17) is 9.26 Å². The van der Waals surface area contributed by atoms with Gasteiger partial charge >= 0.3 is 25.9 Å². The SMILES string of the molecule is COP(=O)(O)OCCCCCCNC(=O)CCSSCCNC(=O)[C@H](CCC(=O)O)CC(=O)[C@H](CCC(=O)O)NC(=O)CCNC(=O)CCNC(=O)O[C@H]1CCC2(C)C(=CC[C@@H]3[C@@H]2CCC2(C)C([C@H](C)CCCC(C)C)CC[C@@H]32)C1. The van der Waals surface area contributed by atoms with Gasteiger partial charge in [-0.25, -0.2) is 9.36 Å². The van der Waals surface area contributed by atoms with E-state index in [0.717, 1.165) is 75.7 Å². The van der Waals surface area contributed by atoms with Crippen molar-refractivity contribution in [1.29, 1.82) is 0 Å². The van der Waals surface area contributed by atoms with Gasteiger partial charge in [0.1, 0.15) is 6.10 Å². The van der Waals surface area contributed by atoms with Crippen molar-refractivity contribution in [2.75, 3.05) is 51.4 Å². The Morgan fingerprint density at radius 2 is 1.39 bits per heavy atom. The molecular formula is C57H96N5O15PS2. The van der Waals surface area contributed by atoms with Crippen LogP contribution in [0.1, 0.15) is 182 Å².